The SMILES string of the molecule is O=C=C1NC=Cc2c1cccc2-n1ncc(C(=O)Nc2cnc3cc(C(F)(F)F)nc(Cl)c3c2)c1C(F)(F)F. The molecule has 0 saturated heterocycles. The normalized spacial score (nSPS) is 13.2. The number of benzene rings is 1. The number of nitrogens with one attached hydrogen (secondary N) is 2. The van der Waals surface area contributed by atoms with Crippen LogP contribution in [0.1, 0.15) is 32.9 Å². The van der Waals surface area contributed by atoms with Crippen LogP contribution >= 0.6 is 11.6 Å². The fourth-order valence-electron chi connectivity index (χ4n) is 3.97. The van der Waals surface area contributed by atoms with Crippen molar-refractivity contribution in [2.24, 2.45) is 0 Å². The molecule has 2 N–H and O–H groups in total. The molecule has 15 heteroatoms. The Kier molecular flexibility index (Phi) is 6.16. The van der Waals surface area contributed by atoms with Crippen LogP contribution in [0.15, 0.2) is 48.9 Å². The first-order valence-corrected chi connectivity index (χ1v) is 11.1. The molecule has 0 unspecified atom stereocenters. The molecule has 5 rings (SSSR count). The van der Waals surface area contributed by atoms with E-state index in [0.29, 0.717) is 10.7 Å². The summed E-state index contributed by atoms with van der Waals surface area (Å²) in [5.41, 5.74) is -3.41. The van der Waals surface area contributed by atoms with Gasteiger partial charge in [0, 0.05) is 22.7 Å². The van der Waals surface area contributed by atoms with Crippen molar-refractivity contribution in [2.75, 3.05) is 5.32 Å². The molecule has 0 aliphatic carbocycles. The molecule has 3 aromatic heterocycles. The minimum atomic E-state index is -5.05. The van der Waals surface area contributed by atoms with Gasteiger partial charge < -0.3 is 10.6 Å². The van der Waals surface area contributed by atoms with Gasteiger partial charge in [-0.15, -0.1) is 0 Å². The summed E-state index contributed by atoms with van der Waals surface area (Å²) in [6.45, 7) is 0. The van der Waals surface area contributed by atoms with E-state index < -0.39 is 40.4 Å². The molecule has 1 aliphatic rings. The quantitative estimate of drug-likeness (QED) is 0.193. The van der Waals surface area contributed by atoms with Crippen LogP contribution in [0.2, 0.25) is 5.15 Å². The number of hydrogen-bond acceptors (Lipinski definition) is 6. The van der Waals surface area contributed by atoms with Crippen LogP contribution in [0.5, 0.6) is 0 Å². The second-order valence-electron chi connectivity index (χ2n) is 8.05. The van der Waals surface area contributed by atoms with Crippen LogP contribution in [-0.4, -0.2) is 31.6 Å². The van der Waals surface area contributed by atoms with E-state index in [1.165, 1.54) is 30.5 Å². The van der Waals surface area contributed by atoms with Crippen LogP contribution < -0.4 is 10.6 Å². The van der Waals surface area contributed by atoms with E-state index in [2.05, 4.69) is 25.7 Å². The first-order valence-electron chi connectivity index (χ1n) is 10.7. The van der Waals surface area contributed by atoms with Crippen LogP contribution in [-0.2, 0) is 17.1 Å². The van der Waals surface area contributed by atoms with Crippen molar-refractivity contribution in [1.29, 1.82) is 0 Å². The first kappa shape index (κ1) is 25.9. The minimum absolute atomic E-state index is 0.00680. The summed E-state index contributed by atoms with van der Waals surface area (Å²) in [6, 6.07) is 6.03. The fourth-order valence-corrected chi connectivity index (χ4v) is 4.21. The zero-order valence-corrected chi connectivity index (χ0v) is 19.7. The average molecular weight is 565 g/mol. The van der Waals surface area contributed by atoms with Crippen molar-refractivity contribution < 1.29 is 35.9 Å². The van der Waals surface area contributed by atoms with Crippen molar-refractivity contribution >= 4 is 51.8 Å². The van der Waals surface area contributed by atoms with E-state index in [9.17, 15) is 35.9 Å². The van der Waals surface area contributed by atoms with Gasteiger partial charge in [-0.3, -0.25) is 9.78 Å². The van der Waals surface area contributed by atoms with Gasteiger partial charge in [0.1, 0.15) is 16.5 Å². The minimum Gasteiger partial charge on any atom is -0.352 e. The van der Waals surface area contributed by atoms with Gasteiger partial charge in [-0.1, -0.05) is 23.7 Å². The maximum absolute atomic E-state index is 14.2. The summed E-state index contributed by atoms with van der Waals surface area (Å²) < 4.78 is 82.2. The van der Waals surface area contributed by atoms with Gasteiger partial charge in [0.2, 0.25) is 0 Å². The summed E-state index contributed by atoms with van der Waals surface area (Å²) in [6.07, 6.45) is -5.36. The predicted octanol–water partition coefficient (Wildman–Crippen LogP) is 5.51. The van der Waals surface area contributed by atoms with E-state index in [0.717, 1.165) is 18.5 Å². The topological polar surface area (TPSA) is 102 Å². The lowest BCUT2D eigenvalue weighted by Gasteiger charge is -2.19. The Balaban J connectivity index is 1.55. The average Bonchev–Trinajstić information content (AvgIpc) is 3.34. The maximum Gasteiger partial charge on any atom is 0.434 e. The number of rotatable bonds is 3. The number of halogens is 7. The number of carbonyl (C=O) groups excluding carboxylic acids is 2. The Labute approximate surface area is 218 Å². The van der Waals surface area contributed by atoms with Gasteiger partial charge in [-0.25, -0.2) is 14.5 Å². The largest absolute Gasteiger partial charge is 0.434 e. The van der Waals surface area contributed by atoms with Gasteiger partial charge in [0.25, 0.3) is 5.91 Å². The molecule has 0 atom stereocenters. The smallest absolute Gasteiger partial charge is 0.352 e. The van der Waals surface area contributed by atoms with Gasteiger partial charge in [0.05, 0.1) is 34.8 Å². The number of fused-ring (bicyclic) bond motifs is 2. The second-order valence-corrected chi connectivity index (χ2v) is 8.41. The van der Waals surface area contributed by atoms with E-state index in [-0.39, 0.29) is 39.1 Å². The van der Waals surface area contributed by atoms with Gasteiger partial charge in [0.15, 0.2) is 11.6 Å². The Morgan fingerprint density at radius 2 is 1.85 bits per heavy atom. The molecular formula is C24H11ClF6N6O2. The molecule has 8 nitrogen and oxygen atoms in total. The van der Waals surface area contributed by atoms with E-state index in [4.69, 9.17) is 11.6 Å². The summed E-state index contributed by atoms with van der Waals surface area (Å²) in [5.74, 6) is 0.453. The number of pyridine rings is 2. The highest BCUT2D eigenvalue weighted by atomic mass is 35.5. The summed E-state index contributed by atoms with van der Waals surface area (Å²) in [5, 5.41) is 8.05. The molecule has 198 valence electrons. The first-order chi connectivity index (χ1) is 18.4. The Morgan fingerprint density at radius 1 is 1.08 bits per heavy atom. The molecule has 4 aromatic rings. The van der Waals surface area contributed by atoms with Gasteiger partial charge in [-0.2, -0.15) is 31.4 Å². The fraction of sp³-hybridized carbons (Fsp3) is 0.0833. The van der Waals surface area contributed by atoms with Crippen molar-refractivity contribution in [1.82, 2.24) is 25.1 Å². The number of amides is 1. The molecule has 1 aliphatic heterocycles. The molecule has 1 aromatic carbocycles. The van der Waals surface area contributed by atoms with Crippen molar-refractivity contribution in [2.45, 2.75) is 12.4 Å². The number of carbonyl (C=O) groups is 1. The maximum atomic E-state index is 14.2. The van der Waals surface area contributed by atoms with Gasteiger partial charge in [-0.05, 0) is 24.3 Å². The monoisotopic (exact) mass is 564 g/mol. The molecule has 4 heterocycles. The highest BCUT2D eigenvalue weighted by Gasteiger charge is 2.41. The lowest BCUT2D eigenvalue weighted by atomic mass is 10.0. The number of alkyl halides is 6. The Bertz CT molecular complexity index is 1740. The van der Waals surface area contributed by atoms with Crippen LogP contribution in [0.3, 0.4) is 0 Å². The number of hydrogen-bond donors (Lipinski definition) is 2. The molecule has 0 radical (unpaired) electrons. The van der Waals surface area contributed by atoms with E-state index in [1.807, 2.05) is 0 Å². The molecule has 0 saturated carbocycles. The van der Waals surface area contributed by atoms with Crippen LogP contribution in [0.4, 0.5) is 32.0 Å². The van der Waals surface area contributed by atoms with Crippen molar-refractivity contribution in [3.05, 3.63) is 82.2 Å². The zero-order valence-electron chi connectivity index (χ0n) is 18.9. The zero-order chi connectivity index (χ0) is 28.1. The van der Waals surface area contributed by atoms with E-state index >= 15 is 0 Å². The second kappa shape index (κ2) is 9.26. The third-order valence-electron chi connectivity index (χ3n) is 5.62. The molecule has 1 amide bonds. The Morgan fingerprint density at radius 3 is 2.54 bits per heavy atom. The highest BCUT2D eigenvalue weighted by molar-refractivity contribution is 6.34. The predicted molar refractivity (Wildman–Crippen MR) is 127 cm³/mol. The van der Waals surface area contributed by atoms with Crippen molar-refractivity contribution in [3.63, 3.8) is 0 Å². The van der Waals surface area contributed by atoms with Crippen LogP contribution in [0.25, 0.3) is 28.4 Å². The molecule has 39 heavy (non-hydrogen) atoms. The van der Waals surface area contributed by atoms with E-state index in [1.54, 1.807) is 5.94 Å². The van der Waals surface area contributed by atoms with Crippen molar-refractivity contribution in [3.8, 4) is 5.69 Å². The Hall–Kier alpha value is -4.68. The summed E-state index contributed by atoms with van der Waals surface area (Å²) in [4.78, 5) is 31.3. The van der Waals surface area contributed by atoms with Gasteiger partial charge >= 0.3 is 12.4 Å². The third-order valence-corrected chi connectivity index (χ3v) is 5.91. The highest BCUT2D eigenvalue weighted by Crippen LogP contribution is 2.37. The number of nitrogens with zero attached hydrogens (tertiary/aromatic N) is 4. The van der Waals surface area contributed by atoms with Crippen LogP contribution in [0, 0.1) is 0 Å². The molecule has 0 spiro atoms. The molecule has 0 fully saturated rings. The lowest BCUT2D eigenvalue weighted by molar-refractivity contribution is -0.143. The summed E-state index contributed by atoms with van der Waals surface area (Å²) in [7, 11) is 0. The number of anilines is 1. The summed E-state index contributed by atoms with van der Waals surface area (Å²) >= 11 is 5.87. The lowest BCUT2D eigenvalue weighted by Crippen LogP contribution is -2.21. The molecular weight excluding hydrogens is 554 g/mol. The molecule has 0 bridgehead atoms. The number of aromatic nitrogens is 4. The standard InChI is InChI=1S/C24H11ClF6N6O2/c25-21-14-6-11(8-33-16(14)7-19(36-21)23(26,27)28)35-22(39)15-9-34-37(20(15)24(29,30)31)18-3-1-2-12-13(18)4-5-32-17(12)10-38/h1-9,32H,(H,35,39). The third kappa shape index (κ3) is 4.71.